The van der Waals surface area contributed by atoms with Crippen LogP contribution in [0, 0.1) is 5.41 Å². The summed E-state index contributed by atoms with van der Waals surface area (Å²) in [6.45, 7) is 0. The highest BCUT2D eigenvalue weighted by Crippen LogP contribution is 2.59. The van der Waals surface area contributed by atoms with Gasteiger partial charge in [-0.3, -0.25) is 14.2 Å². The molecule has 2 spiro atoms. The molecule has 20 heavy (non-hydrogen) atoms. The number of hydrogen-bond acceptors (Lipinski definition) is 2. The van der Waals surface area contributed by atoms with Crippen molar-refractivity contribution >= 4 is 33.4 Å². The number of nitrogens with one attached hydrogen (secondary N) is 1. The third kappa shape index (κ3) is 1.59. The molecule has 4 nitrogen and oxygen atoms in total. The molecular weight excluding hydrogens is 344 g/mol. The predicted molar refractivity (Wildman–Crippen MR) is 79.0 cm³/mol. The molecule has 6 heteroatoms. The van der Waals surface area contributed by atoms with E-state index in [2.05, 4.69) is 21.2 Å². The van der Waals surface area contributed by atoms with Crippen LogP contribution in [-0.2, 0) is 5.66 Å². The van der Waals surface area contributed by atoms with E-state index < -0.39 is 5.66 Å². The first-order valence-corrected chi connectivity index (χ1v) is 8.08. The summed E-state index contributed by atoms with van der Waals surface area (Å²) in [5.74, 6) is -0.230. The highest BCUT2D eigenvalue weighted by atomic mass is 79.9. The van der Waals surface area contributed by atoms with Gasteiger partial charge in [-0.2, -0.15) is 0 Å². The molecule has 2 heterocycles. The number of fused-ring (bicyclic) bond motifs is 2. The van der Waals surface area contributed by atoms with Gasteiger partial charge in [0, 0.05) is 0 Å². The number of aromatic nitrogens is 1. The largest absolute Gasteiger partial charge is 0.327 e. The molecular formula is C14H14BrClN2O2. The summed E-state index contributed by atoms with van der Waals surface area (Å²) in [6.07, 6.45) is 6.36. The summed E-state index contributed by atoms with van der Waals surface area (Å²) in [6, 6.07) is 1.51. The number of nitrogens with zero attached hydrogens (tertiary/aromatic N) is 1. The first-order valence-electron chi connectivity index (χ1n) is 6.91. The summed E-state index contributed by atoms with van der Waals surface area (Å²) in [4.78, 5) is 24.7. The second-order valence-corrected chi connectivity index (χ2v) is 7.58. The lowest BCUT2D eigenvalue weighted by atomic mass is 9.79. The molecule has 1 aliphatic heterocycles. The zero-order valence-corrected chi connectivity index (χ0v) is 13.2. The Morgan fingerprint density at radius 2 is 1.75 bits per heavy atom. The van der Waals surface area contributed by atoms with Crippen molar-refractivity contribution in [3.8, 4) is 0 Å². The minimum atomic E-state index is -0.565. The Bertz CT molecular complexity index is 683. The fourth-order valence-electron chi connectivity index (χ4n) is 3.72. The zero-order valence-electron chi connectivity index (χ0n) is 10.8. The molecule has 0 radical (unpaired) electrons. The zero-order chi connectivity index (χ0) is 14.1. The van der Waals surface area contributed by atoms with E-state index in [-0.39, 0.29) is 11.5 Å². The lowest BCUT2D eigenvalue weighted by molar-refractivity contribution is 0.0821. The minimum Gasteiger partial charge on any atom is -0.327 e. The van der Waals surface area contributed by atoms with Crippen LogP contribution in [0.2, 0.25) is 5.02 Å². The topological polar surface area (TPSA) is 51.1 Å². The van der Waals surface area contributed by atoms with Gasteiger partial charge in [0.05, 0.1) is 9.50 Å². The summed E-state index contributed by atoms with van der Waals surface area (Å²) in [7, 11) is 0. The van der Waals surface area contributed by atoms with Gasteiger partial charge in [-0.1, -0.05) is 11.6 Å². The van der Waals surface area contributed by atoms with Crippen LogP contribution < -0.4 is 10.9 Å². The van der Waals surface area contributed by atoms with Gasteiger partial charge in [0.2, 0.25) is 0 Å². The number of halogens is 2. The predicted octanol–water partition coefficient (Wildman–Crippen LogP) is 3.01. The quantitative estimate of drug-likeness (QED) is 0.776. The third-order valence-corrected chi connectivity index (χ3v) is 6.05. The van der Waals surface area contributed by atoms with Crippen molar-refractivity contribution in [3.63, 3.8) is 0 Å². The number of hydrogen-bond donors (Lipinski definition) is 1. The Morgan fingerprint density at radius 3 is 2.35 bits per heavy atom. The molecule has 2 fully saturated rings. The average molecular weight is 358 g/mol. The smallest absolute Gasteiger partial charge is 0.271 e. The second-order valence-electron chi connectivity index (χ2n) is 6.32. The first-order chi connectivity index (χ1) is 9.46. The third-order valence-electron chi connectivity index (χ3n) is 5.19. The maximum atomic E-state index is 12.5. The molecule has 2 aliphatic carbocycles. The second kappa shape index (κ2) is 3.89. The van der Waals surface area contributed by atoms with Crippen LogP contribution >= 0.6 is 27.5 Å². The Balaban J connectivity index is 1.87. The van der Waals surface area contributed by atoms with E-state index in [0.717, 1.165) is 25.7 Å². The normalized spacial score (nSPS) is 24.8. The van der Waals surface area contributed by atoms with Gasteiger partial charge in [-0.25, -0.2) is 0 Å². The molecule has 4 rings (SSSR count). The van der Waals surface area contributed by atoms with Gasteiger partial charge in [-0.05, 0) is 65.9 Å². The molecule has 106 valence electrons. The van der Waals surface area contributed by atoms with E-state index in [1.54, 1.807) is 4.57 Å². The molecule has 0 unspecified atom stereocenters. The number of carbonyl (C=O) groups excluding carboxylic acids is 1. The fourth-order valence-corrected chi connectivity index (χ4v) is 4.54. The van der Waals surface area contributed by atoms with Crippen molar-refractivity contribution in [1.29, 1.82) is 0 Å². The lowest BCUT2D eigenvalue weighted by Crippen LogP contribution is -2.50. The van der Waals surface area contributed by atoms with E-state index in [0.29, 0.717) is 20.6 Å². The Labute approximate surface area is 129 Å². The van der Waals surface area contributed by atoms with E-state index in [9.17, 15) is 9.59 Å². The van der Waals surface area contributed by atoms with Crippen molar-refractivity contribution in [1.82, 2.24) is 9.88 Å². The van der Waals surface area contributed by atoms with Gasteiger partial charge < -0.3 is 5.32 Å². The van der Waals surface area contributed by atoms with Gasteiger partial charge in [0.1, 0.15) is 11.4 Å². The van der Waals surface area contributed by atoms with Crippen LogP contribution in [0.4, 0.5) is 0 Å². The van der Waals surface area contributed by atoms with Crippen LogP contribution in [0.5, 0.6) is 0 Å². The number of rotatable bonds is 0. The van der Waals surface area contributed by atoms with E-state index in [4.69, 9.17) is 11.6 Å². The summed E-state index contributed by atoms with van der Waals surface area (Å²) in [5, 5.41) is 3.36. The maximum Gasteiger partial charge on any atom is 0.271 e. The van der Waals surface area contributed by atoms with Gasteiger partial charge in [0.15, 0.2) is 0 Å². The number of carbonyl (C=O) groups is 1. The highest BCUT2D eigenvalue weighted by Gasteiger charge is 2.54. The highest BCUT2D eigenvalue weighted by molar-refractivity contribution is 9.10. The molecule has 3 aliphatic rings. The summed E-state index contributed by atoms with van der Waals surface area (Å²) in [5.41, 5.74) is 0.0734. The van der Waals surface area contributed by atoms with Gasteiger partial charge in [-0.15, -0.1) is 0 Å². The minimum absolute atomic E-state index is 0.172. The van der Waals surface area contributed by atoms with E-state index in [1.165, 1.54) is 18.9 Å². The van der Waals surface area contributed by atoms with Crippen LogP contribution in [0.15, 0.2) is 15.3 Å². The molecule has 1 amide bonds. The Morgan fingerprint density at radius 1 is 1.15 bits per heavy atom. The summed E-state index contributed by atoms with van der Waals surface area (Å²) >= 11 is 9.41. The average Bonchev–Trinajstić information content (AvgIpc) is 3.10. The van der Waals surface area contributed by atoms with Crippen molar-refractivity contribution in [2.24, 2.45) is 5.41 Å². The van der Waals surface area contributed by atoms with E-state index >= 15 is 0 Å². The summed E-state index contributed by atoms with van der Waals surface area (Å²) < 4.78 is 2.01. The van der Waals surface area contributed by atoms with E-state index in [1.807, 2.05) is 0 Å². The lowest BCUT2D eigenvalue weighted by Gasteiger charge is -2.38. The monoisotopic (exact) mass is 356 g/mol. The Kier molecular flexibility index (Phi) is 2.51. The van der Waals surface area contributed by atoms with Crippen LogP contribution in [0.3, 0.4) is 0 Å². The van der Waals surface area contributed by atoms with Crippen LogP contribution in [0.1, 0.15) is 49.0 Å². The molecule has 0 aromatic carbocycles. The van der Waals surface area contributed by atoms with Crippen LogP contribution in [0.25, 0.3) is 0 Å². The molecule has 1 aromatic rings. The molecule has 0 bridgehead atoms. The first kappa shape index (κ1) is 12.9. The number of amides is 1. The van der Waals surface area contributed by atoms with Crippen LogP contribution in [-0.4, -0.2) is 10.5 Å². The van der Waals surface area contributed by atoms with Crippen molar-refractivity contribution in [2.75, 3.05) is 0 Å². The standard InChI is InChI=1S/C14H14BrClN2O2/c15-8-7-9(16)10-11(19)17-14(18(10)12(8)20)5-3-13(1-2-13)4-6-14/h7H,1-6H2,(H,17,19). The molecule has 1 N–H and O–H groups in total. The van der Waals surface area contributed by atoms with Crippen molar-refractivity contribution in [3.05, 3.63) is 31.6 Å². The Hall–Kier alpha value is -0.810. The van der Waals surface area contributed by atoms with Crippen molar-refractivity contribution < 1.29 is 4.79 Å². The molecule has 0 saturated heterocycles. The number of pyridine rings is 1. The van der Waals surface area contributed by atoms with Gasteiger partial charge >= 0.3 is 0 Å². The molecule has 2 saturated carbocycles. The SMILES string of the molecule is O=C1NC2(CCC3(CC3)CC2)n2c1c(Cl)cc(Br)c2=O. The maximum absolute atomic E-state index is 12.5. The molecule has 0 atom stereocenters. The molecule has 1 aromatic heterocycles. The van der Waals surface area contributed by atoms with Crippen molar-refractivity contribution in [2.45, 2.75) is 44.2 Å². The van der Waals surface area contributed by atoms with Gasteiger partial charge in [0.25, 0.3) is 11.5 Å². The fraction of sp³-hybridized carbons (Fsp3) is 0.571.